The van der Waals surface area contributed by atoms with E-state index in [2.05, 4.69) is 15.5 Å². The van der Waals surface area contributed by atoms with Crippen molar-refractivity contribution >= 4 is 28.9 Å². The van der Waals surface area contributed by atoms with E-state index < -0.39 is 4.92 Å². The fourth-order valence-corrected chi connectivity index (χ4v) is 3.14. The van der Waals surface area contributed by atoms with Crippen molar-refractivity contribution in [3.63, 3.8) is 0 Å². The molecule has 0 aliphatic rings. The lowest BCUT2D eigenvalue weighted by molar-refractivity contribution is -0.385. The van der Waals surface area contributed by atoms with Crippen LogP contribution in [-0.4, -0.2) is 30.4 Å². The number of nitro groups is 1. The molecule has 1 N–H and O–H groups in total. The van der Waals surface area contributed by atoms with Gasteiger partial charge in [0.1, 0.15) is 18.4 Å². The zero-order valence-electron chi connectivity index (χ0n) is 15.6. The van der Waals surface area contributed by atoms with Crippen LogP contribution >= 0.6 is 11.6 Å². The van der Waals surface area contributed by atoms with Crippen LogP contribution in [0.15, 0.2) is 30.5 Å². The largest absolute Gasteiger partial charge is 0.321 e. The van der Waals surface area contributed by atoms with Gasteiger partial charge in [0.25, 0.3) is 0 Å². The Morgan fingerprint density at radius 1 is 1.25 bits per heavy atom. The van der Waals surface area contributed by atoms with E-state index in [0.717, 1.165) is 17.5 Å². The maximum Gasteiger partial charge on any atom is 0.309 e. The average molecular weight is 403 g/mol. The molecular formula is C18H19ClN6O3. The highest BCUT2D eigenvalue weighted by molar-refractivity contribution is 6.30. The second-order valence-electron chi connectivity index (χ2n) is 6.41. The number of hydrogen-bond donors (Lipinski definition) is 1. The third-order valence-electron chi connectivity index (χ3n) is 4.43. The maximum atomic E-state index is 12.4. The number of nitrogens with one attached hydrogen (secondary N) is 1. The number of halogens is 1. The summed E-state index contributed by atoms with van der Waals surface area (Å²) >= 11 is 6.03. The van der Waals surface area contributed by atoms with Gasteiger partial charge in [-0.3, -0.25) is 24.3 Å². The Labute approximate surface area is 166 Å². The fourth-order valence-electron chi connectivity index (χ4n) is 2.93. The smallest absolute Gasteiger partial charge is 0.309 e. The topological polar surface area (TPSA) is 108 Å². The number of anilines is 1. The predicted molar refractivity (Wildman–Crippen MR) is 105 cm³/mol. The molecule has 9 nitrogen and oxygen atoms in total. The monoisotopic (exact) mass is 402 g/mol. The Morgan fingerprint density at radius 3 is 2.64 bits per heavy atom. The molecule has 1 amide bonds. The molecule has 0 unspecified atom stereocenters. The summed E-state index contributed by atoms with van der Waals surface area (Å²) in [6, 6.07) is 7.49. The molecular weight excluding hydrogens is 384 g/mol. The van der Waals surface area contributed by atoms with Crippen molar-refractivity contribution in [2.75, 3.05) is 5.32 Å². The number of benzene rings is 1. The van der Waals surface area contributed by atoms with E-state index >= 15 is 0 Å². The van der Waals surface area contributed by atoms with Gasteiger partial charge in [0.05, 0.1) is 28.5 Å². The molecule has 0 spiro atoms. The number of nitrogens with zero attached hydrogens (tertiary/aromatic N) is 5. The van der Waals surface area contributed by atoms with Gasteiger partial charge in [-0.1, -0.05) is 23.7 Å². The molecule has 10 heteroatoms. The number of amides is 1. The minimum atomic E-state index is -0.523. The minimum absolute atomic E-state index is 0.116. The highest BCUT2D eigenvalue weighted by Crippen LogP contribution is 2.22. The lowest BCUT2D eigenvalue weighted by atomic mass is 10.2. The van der Waals surface area contributed by atoms with Gasteiger partial charge in [-0.05, 0) is 38.5 Å². The predicted octanol–water partition coefficient (Wildman–Crippen LogP) is 3.25. The first-order chi connectivity index (χ1) is 13.3. The summed E-state index contributed by atoms with van der Waals surface area (Å²) in [4.78, 5) is 22.8. The standard InChI is InChI=1S/C18H19ClN6O3/c1-11-18(13(3)24(22-11)9-14-5-4-6-15(19)7-14)21-17(26)10-23-12(2)16(8-20-23)25(27)28/h4-8H,9-10H2,1-3H3,(H,21,26). The van der Waals surface area contributed by atoms with E-state index in [1.807, 2.05) is 25.1 Å². The molecule has 0 radical (unpaired) electrons. The van der Waals surface area contributed by atoms with Gasteiger partial charge >= 0.3 is 5.69 Å². The molecule has 1 aromatic carbocycles. The van der Waals surface area contributed by atoms with Gasteiger partial charge in [-0.15, -0.1) is 0 Å². The van der Waals surface area contributed by atoms with Crippen LogP contribution in [0.25, 0.3) is 0 Å². The number of rotatable bonds is 6. The van der Waals surface area contributed by atoms with Gasteiger partial charge in [0.15, 0.2) is 0 Å². The second-order valence-corrected chi connectivity index (χ2v) is 6.85. The van der Waals surface area contributed by atoms with Crippen LogP contribution in [0.1, 0.15) is 22.6 Å². The van der Waals surface area contributed by atoms with E-state index in [9.17, 15) is 14.9 Å². The van der Waals surface area contributed by atoms with Crippen LogP contribution < -0.4 is 5.32 Å². The van der Waals surface area contributed by atoms with Gasteiger partial charge in [0, 0.05) is 5.02 Å². The number of carbonyl (C=O) groups is 1. The average Bonchev–Trinajstić information content (AvgIpc) is 3.10. The minimum Gasteiger partial charge on any atom is -0.321 e. The molecule has 0 saturated carbocycles. The first-order valence-corrected chi connectivity index (χ1v) is 8.89. The molecule has 3 aromatic rings. The zero-order chi connectivity index (χ0) is 20.4. The Bertz CT molecular complexity index is 1060. The van der Waals surface area contributed by atoms with E-state index in [1.165, 1.54) is 4.68 Å². The number of carbonyl (C=O) groups excluding carboxylic acids is 1. The molecule has 28 heavy (non-hydrogen) atoms. The molecule has 0 saturated heterocycles. The third-order valence-corrected chi connectivity index (χ3v) is 4.67. The summed E-state index contributed by atoms with van der Waals surface area (Å²) in [7, 11) is 0. The fraction of sp³-hybridized carbons (Fsp3) is 0.278. The van der Waals surface area contributed by atoms with E-state index in [0.29, 0.717) is 28.6 Å². The number of hydrogen-bond acceptors (Lipinski definition) is 5. The SMILES string of the molecule is Cc1nn(Cc2cccc(Cl)c2)c(C)c1NC(=O)Cn1ncc([N+](=O)[O-])c1C. The highest BCUT2D eigenvalue weighted by atomic mass is 35.5. The van der Waals surface area contributed by atoms with Crippen molar-refractivity contribution in [3.8, 4) is 0 Å². The Balaban J connectivity index is 1.74. The third kappa shape index (κ3) is 4.04. The van der Waals surface area contributed by atoms with E-state index in [4.69, 9.17) is 11.6 Å². The Morgan fingerprint density at radius 2 is 2.00 bits per heavy atom. The maximum absolute atomic E-state index is 12.4. The van der Waals surface area contributed by atoms with Gasteiger partial charge in [-0.2, -0.15) is 10.2 Å². The van der Waals surface area contributed by atoms with Gasteiger partial charge in [-0.25, -0.2) is 0 Å². The summed E-state index contributed by atoms with van der Waals surface area (Å²) in [6.07, 6.45) is 1.14. The van der Waals surface area contributed by atoms with Crippen LogP contribution in [0.4, 0.5) is 11.4 Å². The van der Waals surface area contributed by atoms with Crippen LogP contribution in [0.2, 0.25) is 5.02 Å². The van der Waals surface area contributed by atoms with E-state index in [-0.39, 0.29) is 18.1 Å². The van der Waals surface area contributed by atoms with Crippen molar-refractivity contribution in [2.24, 2.45) is 0 Å². The molecule has 2 heterocycles. The summed E-state index contributed by atoms with van der Waals surface area (Å²) in [5.74, 6) is -0.338. The first kappa shape index (κ1) is 19.6. The molecule has 0 fully saturated rings. The molecule has 0 aliphatic heterocycles. The normalized spacial score (nSPS) is 10.9. The molecule has 146 valence electrons. The van der Waals surface area contributed by atoms with Crippen molar-refractivity contribution in [1.82, 2.24) is 19.6 Å². The summed E-state index contributed by atoms with van der Waals surface area (Å²) in [5, 5.41) is 22.8. The highest BCUT2D eigenvalue weighted by Gasteiger charge is 2.19. The van der Waals surface area contributed by atoms with Gasteiger partial charge in [0.2, 0.25) is 5.91 Å². The Kier molecular flexibility index (Phi) is 5.46. The van der Waals surface area contributed by atoms with Crippen LogP contribution in [0.3, 0.4) is 0 Å². The molecule has 2 aromatic heterocycles. The number of aryl methyl sites for hydroxylation is 1. The first-order valence-electron chi connectivity index (χ1n) is 8.51. The summed E-state index contributed by atoms with van der Waals surface area (Å²) in [6.45, 7) is 5.62. The summed E-state index contributed by atoms with van der Waals surface area (Å²) in [5.41, 5.74) is 3.30. The number of aromatic nitrogens is 4. The quantitative estimate of drug-likeness (QED) is 0.503. The van der Waals surface area contributed by atoms with Crippen molar-refractivity contribution < 1.29 is 9.72 Å². The second kappa shape index (κ2) is 7.81. The Hall–Kier alpha value is -3.20. The van der Waals surface area contributed by atoms with Crippen molar-refractivity contribution in [1.29, 1.82) is 0 Å². The van der Waals surface area contributed by atoms with Crippen molar-refractivity contribution in [3.05, 3.63) is 68.2 Å². The van der Waals surface area contributed by atoms with Crippen LogP contribution in [-0.2, 0) is 17.9 Å². The molecule has 0 aliphatic carbocycles. The zero-order valence-corrected chi connectivity index (χ0v) is 16.4. The molecule has 3 rings (SSSR count). The lowest BCUT2D eigenvalue weighted by Crippen LogP contribution is -2.21. The van der Waals surface area contributed by atoms with Gasteiger partial charge < -0.3 is 5.32 Å². The van der Waals surface area contributed by atoms with Crippen LogP contribution in [0.5, 0.6) is 0 Å². The lowest BCUT2D eigenvalue weighted by Gasteiger charge is -2.08. The summed E-state index contributed by atoms with van der Waals surface area (Å²) < 4.78 is 3.09. The molecule has 0 bridgehead atoms. The van der Waals surface area contributed by atoms with Crippen LogP contribution in [0, 0.1) is 30.9 Å². The molecule has 0 atom stereocenters. The van der Waals surface area contributed by atoms with E-state index in [1.54, 1.807) is 24.6 Å². The van der Waals surface area contributed by atoms with Crippen molar-refractivity contribution in [2.45, 2.75) is 33.9 Å².